The van der Waals surface area contributed by atoms with E-state index in [0.29, 0.717) is 0 Å². The molecule has 0 saturated heterocycles. The van der Waals surface area contributed by atoms with Crippen LogP contribution in [0.1, 0.15) is 23.1 Å². The van der Waals surface area contributed by atoms with E-state index >= 15 is 0 Å². The summed E-state index contributed by atoms with van der Waals surface area (Å²) in [5.74, 6) is -0.0418. The summed E-state index contributed by atoms with van der Waals surface area (Å²) < 4.78 is 4.78. The second kappa shape index (κ2) is 5.93. The molecule has 2 rings (SSSR count). The van der Waals surface area contributed by atoms with Gasteiger partial charge >= 0.3 is 5.97 Å². The predicted octanol–water partition coefficient (Wildman–Crippen LogP) is 2.07. The predicted molar refractivity (Wildman–Crippen MR) is 57.5 cm³/mol. The van der Waals surface area contributed by atoms with E-state index < -0.39 is 0 Å². The van der Waals surface area contributed by atoms with Gasteiger partial charge in [-0.2, -0.15) is 34.9 Å². The molecule has 83 valence electrons. The normalized spacial score (nSPS) is 18.2. The molecule has 0 aliphatic heterocycles. The molecule has 0 aromatic heterocycles. The zero-order valence-corrected chi connectivity index (χ0v) is 12.6. The Bertz CT molecular complexity index is 388. The monoisotopic (exact) mass is 292 g/mol. The van der Waals surface area contributed by atoms with E-state index in [1.165, 1.54) is 23.8 Å². The van der Waals surface area contributed by atoms with Gasteiger partial charge < -0.3 is 4.74 Å². The van der Waals surface area contributed by atoms with E-state index in [2.05, 4.69) is 12.1 Å². The minimum Gasteiger partial charge on any atom is -0.469 e. The van der Waals surface area contributed by atoms with E-state index in [9.17, 15) is 4.79 Å². The Morgan fingerprint density at radius 2 is 2.25 bits per heavy atom. The largest absolute Gasteiger partial charge is 0.469 e. The maximum Gasteiger partial charge on any atom is 0.307 e. The molecule has 1 unspecified atom stereocenters. The van der Waals surface area contributed by atoms with Crippen LogP contribution < -0.4 is 0 Å². The van der Waals surface area contributed by atoms with E-state index in [0.717, 1.165) is 19.3 Å². The van der Waals surface area contributed by atoms with Crippen molar-refractivity contribution in [3.63, 3.8) is 0 Å². The Kier molecular flexibility index (Phi) is 5.13. The fraction of sp³-hybridized carbons (Fsp3) is 0.462. The first-order chi connectivity index (χ1) is 7.20. The van der Waals surface area contributed by atoms with E-state index in [-0.39, 0.29) is 44.6 Å². The number of rotatable bonds is 1. The van der Waals surface area contributed by atoms with Crippen molar-refractivity contribution in [3.8, 4) is 0 Å². The van der Waals surface area contributed by atoms with Gasteiger partial charge in [-0.3, -0.25) is 4.79 Å². The average molecular weight is 292 g/mol. The topological polar surface area (TPSA) is 26.3 Å². The van der Waals surface area contributed by atoms with Crippen molar-refractivity contribution in [2.24, 2.45) is 5.92 Å². The Hall–Kier alpha value is -0.206. The summed E-state index contributed by atoms with van der Waals surface area (Å²) in [7, 11) is 1.46. The average Bonchev–Trinajstić information content (AvgIpc) is 2.27. The fourth-order valence-corrected chi connectivity index (χ4v) is 2.18. The maximum absolute atomic E-state index is 11.4. The van der Waals surface area contributed by atoms with Crippen molar-refractivity contribution in [3.05, 3.63) is 34.9 Å². The SMILES string of the molecule is COC(=O)C1CCc2cc(C)[c-]cc2C1.[Y]. The molecule has 0 saturated carbocycles. The molecule has 0 spiro atoms. The van der Waals surface area contributed by atoms with Crippen molar-refractivity contribution >= 4 is 5.97 Å². The molecule has 0 N–H and O–H groups in total. The molecule has 16 heavy (non-hydrogen) atoms. The molecular weight excluding hydrogens is 277 g/mol. The van der Waals surface area contributed by atoms with Gasteiger partial charge in [-0.25, -0.2) is 0 Å². The van der Waals surface area contributed by atoms with Crippen molar-refractivity contribution < 1.29 is 42.2 Å². The van der Waals surface area contributed by atoms with Crippen molar-refractivity contribution in [1.82, 2.24) is 0 Å². The van der Waals surface area contributed by atoms with Crippen LogP contribution in [0.3, 0.4) is 0 Å². The number of hydrogen-bond acceptors (Lipinski definition) is 2. The molecule has 2 nitrogen and oxygen atoms in total. The summed E-state index contributed by atoms with van der Waals surface area (Å²) in [5, 5.41) is 0. The molecule has 1 aliphatic carbocycles. The van der Waals surface area contributed by atoms with Crippen LogP contribution in [0.2, 0.25) is 0 Å². The number of ether oxygens (including phenoxy) is 1. The van der Waals surface area contributed by atoms with Gasteiger partial charge in [0.15, 0.2) is 0 Å². The van der Waals surface area contributed by atoms with Gasteiger partial charge in [0.05, 0.1) is 13.0 Å². The summed E-state index contributed by atoms with van der Waals surface area (Å²) in [6.07, 6.45) is 2.69. The van der Waals surface area contributed by atoms with Gasteiger partial charge in [-0.05, 0) is 12.8 Å². The number of fused-ring (bicyclic) bond motifs is 1. The third-order valence-corrected chi connectivity index (χ3v) is 3.04. The first kappa shape index (κ1) is 13.9. The van der Waals surface area contributed by atoms with Crippen LogP contribution >= 0.6 is 0 Å². The van der Waals surface area contributed by atoms with E-state index in [1.807, 2.05) is 13.0 Å². The fourth-order valence-electron chi connectivity index (χ4n) is 2.18. The van der Waals surface area contributed by atoms with Crippen LogP contribution in [0, 0.1) is 18.9 Å². The first-order valence-electron chi connectivity index (χ1n) is 5.28. The molecule has 0 bridgehead atoms. The van der Waals surface area contributed by atoms with Crippen molar-refractivity contribution in [2.75, 3.05) is 7.11 Å². The number of carbonyl (C=O) groups excluding carboxylic acids is 1. The van der Waals surface area contributed by atoms with Gasteiger partial charge in [0, 0.05) is 32.7 Å². The molecule has 0 fully saturated rings. The number of esters is 1. The minimum absolute atomic E-state index is 0. The number of methoxy groups -OCH3 is 1. The molecule has 0 amide bonds. The van der Waals surface area contributed by atoms with Gasteiger partial charge in [-0.1, -0.05) is 13.3 Å². The summed E-state index contributed by atoms with van der Waals surface area (Å²) in [6.45, 7) is 2.05. The van der Waals surface area contributed by atoms with Gasteiger partial charge in [0.25, 0.3) is 0 Å². The van der Waals surface area contributed by atoms with Gasteiger partial charge in [-0.15, -0.1) is 0 Å². The Morgan fingerprint density at radius 1 is 1.50 bits per heavy atom. The molecule has 1 radical (unpaired) electrons. The van der Waals surface area contributed by atoms with Gasteiger partial charge in [0.2, 0.25) is 0 Å². The van der Waals surface area contributed by atoms with Crippen LogP contribution in [-0.4, -0.2) is 13.1 Å². The zero-order valence-electron chi connectivity index (χ0n) is 9.75. The first-order valence-corrected chi connectivity index (χ1v) is 5.28. The van der Waals surface area contributed by atoms with E-state index in [4.69, 9.17) is 4.74 Å². The Balaban J connectivity index is 0.00000128. The van der Waals surface area contributed by atoms with Crippen molar-refractivity contribution in [1.29, 1.82) is 0 Å². The summed E-state index contributed by atoms with van der Waals surface area (Å²) >= 11 is 0. The number of benzene rings is 1. The third kappa shape index (κ3) is 2.92. The molecule has 1 aromatic carbocycles. The van der Waals surface area contributed by atoms with Crippen LogP contribution in [0.5, 0.6) is 0 Å². The second-order valence-corrected chi connectivity index (χ2v) is 4.13. The van der Waals surface area contributed by atoms with E-state index in [1.54, 1.807) is 0 Å². The van der Waals surface area contributed by atoms with Gasteiger partial charge in [0.1, 0.15) is 0 Å². The smallest absolute Gasteiger partial charge is 0.307 e. The standard InChI is InChI=1S/C13H15O2.Y/c1-9-3-4-11-8-12(13(14)15-2)6-5-10(11)7-9;/h4,7,12H,5-6,8H2,1-2H3;/q-1;. The summed E-state index contributed by atoms with van der Waals surface area (Å²) in [4.78, 5) is 11.4. The Labute approximate surface area is 122 Å². The number of hydrogen-bond donors (Lipinski definition) is 0. The summed E-state index contributed by atoms with van der Waals surface area (Å²) in [5.41, 5.74) is 3.79. The summed E-state index contributed by atoms with van der Waals surface area (Å²) in [6, 6.07) is 7.37. The Morgan fingerprint density at radius 3 is 2.94 bits per heavy atom. The molecule has 0 heterocycles. The van der Waals surface area contributed by atoms with Crippen LogP contribution in [-0.2, 0) is 55.1 Å². The molecular formula is C13H15O2Y-. The molecule has 3 heteroatoms. The molecule has 1 atom stereocenters. The third-order valence-electron chi connectivity index (χ3n) is 3.04. The number of carbonyl (C=O) groups is 1. The quantitative estimate of drug-likeness (QED) is 0.585. The number of aryl methyl sites for hydroxylation is 2. The zero-order chi connectivity index (χ0) is 10.8. The van der Waals surface area contributed by atoms with Crippen LogP contribution in [0.25, 0.3) is 0 Å². The van der Waals surface area contributed by atoms with Crippen LogP contribution in [0.4, 0.5) is 0 Å². The van der Waals surface area contributed by atoms with Crippen molar-refractivity contribution in [2.45, 2.75) is 26.2 Å². The maximum atomic E-state index is 11.4. The van der Waals surface area contributed by atoms with Crippen LogP contribution in [0.15, 0.2) is 12.1 Å². The molecule has 1 aliphatic rings. The second-order valence-electron chi connectivity index (χ2n) is 4.13. The molecule has 1 aromatic rings. The minimum atomic E-state index is -0.0822.